The number of hydrogen-bond acceptors (Lipinski definition) is 4. The number of carbonyl (C=O) groups excluding carboxylic acids is 1. The summed E-state index contributed by atoms with van der Waals surface area (Å²) in [6.45, 7) is 11.5. The lowest BCUT2D eigenvalue weighted by atomic mass is 10.1. The highest BCUT2D eigenvalue weighted by atomic mass is 16.2. The van der Waals surface area contributed by atoms with Gasteiger partial charge in [0.05, 0.1) is 18.2 Å². The van der Waals surface area contributed by atoms with Crippen LogP contribution in [0.1, 0.15) is 40.5 Å². The Labute approximate surface area is 122 Å². The first-order valence-electron chi connectivity index (χ1n) is 7.67. The van der Waals surface area contributed by atoms with E-state index in [0.717, 1.165) is 39.0 Å². The van der Waals surface area contributed by atoms with Crippen molar-refractivity contribution in [3.63, 3.8) is 0 Å². The molecule has 0 aromatic heterocycles. The molecule has 0 aliphatic carbocycles. The highest BCUT2D eigenvalue weighted by Crippen LogP contribution is 2.12. The van der Waals surface area contributed by atoms with Crippen LogP contribution in [0.4, 0.5) is 0 Å². The fraction of sp³-hybridized carbons (Fsp3) is 0.867. The van der Waals surface area contributed by atoms with Gasteiger partial charge in [0.15, 0.2) is 0 Å². The number of hydrogen-bond donors (Lipinski definition) is 1. The van der Waals surface area contributed by atoms with Gasteiger partial charge in [-0.05, 0) is 27.2 Å². The number of amides is 1. The molecule has 1 aliphatic rings. The van der Waals surface area contributed by atoms with E-state index in [1.54, 1.807) is 0 Å². The van der Waals surface area contributed by atoms with Crippen molar-refractivity contribution < 1.29 is 4.79 Å². The molecule has 1 N–H and O–H groups in total. The normalized spacial score (nSPS) is 20.4. The Morgan fingerprint density at radius 1 is 1.20 bits per heavy atom. The van der Waals surface area contributed by atoms with Gasteiger partial charge in [-0.1, -0.05) is 13.3 Å². The number of piperazine rings is 1. The van der Waals surface area contributed by atoms with Gasteiger partial charge in [-0.3, -0.25) is 14.6 Å². The van der Waals surface area contributed by atoms with Crippen molar-refractivity contribution in [2.45, 2.75) is 58.7 Å². The van der Waals surface area contributed by atoms with Gasteiger partial charge in [-0.25, -0.2) is 0 Å². The van der Waals surface area contributed by atoms with Crippen LogP contribution in [0.15, 0.2) is 0 Å². The maximum Gasteiger partial charge on any atom is 0.237 e. The van der Waals surface area contributed by atoms with E-state index in [0.29, 0.717) is 0 Å². The fourth-order valence-electron chi connectivity index (χ4n) is 2.61. The van der Waals surface area contributed by atoms with Gasteiger partial charge < -0.3 is 5.32 Å². The van der Waals surface area contributed by atoms with E-state index in [-0.39, 0.29) is 24.0 Å². The highest BCUT2D eigenvalue weighted by molar-refractivity contribution is 5.81. The molecule has 0 aromatic rings. The van der Waals surface area contributed by atoms with Crippen LogP contribution in [0.5, 0.6) is 0 Å². The Morgan fingerprint density at radius 2 is 1.75 bits per heavy atom. The Balaban J connectivity index is 2.45. The monoisotopic (exact) mass is 280 g/mol. The standard InChI is InChI=1S/C15H28N4O/c1-5-6-14(11-16)19-9-7-18(8-10-19)13(4)15(20)17-12(2)3/h12-14H,5-10H2,1-4H3,(H,17,20). The van der Waals surface area contributed by atoms with Gasteiger partial charge in [-0.2, -0.15) is 5.26 Å². The molecule has 0 saturated carbocycles. The summed E-state index contributed by atoms with van der Waals surface area (Å²) in [4.78, 5) is 16.5. The lowest BCUT2D eigenvalue weighted by molar-refractivity contribution is -0.127. The van der Waals surface area contributed by atoms with Crippen LogP contribution < -0.4 is 5.32 Å². The second kappa shape index (κ2) is 8.23. The molecular weight excluding hydrogens is 252 g/mol. The number of carbonyl (C=O) groups is 1. The van der Waals surface area contributed by atoms with Crippen molar-refractivity contribution >= 4 is 5.91 Å². The molecule has 2 unspecified atom stereocenters. The third-order valence-electron chi connectivity index (χ3n) is 3.86. The molecule has 1 heterocycles. The third-order valence-corrected chi connectivity index (χ3v) is 3.86. The van der Waals surface area contributed by atoms with Gasteiger partial charge in [0.25, 0.3) is 0 Å². The molecule has 1 amide bonds. The van der Waals surface area contributed by atoms with Crippen molar-refractivity contribution in [1.82, 2.24) is 15.1 Å². The predicted octanol–water partition coefficient (Wildman–Crippen LogP) is 1.21. The summed E-state index contributed by atoms with van der Waals surface area (Å²) < 4.78 is 0. The summed E-state index contributed by atoms with van der Waals surface area (Å²) in [5, 5.41) is 12.2. The van der Waals surface area contributed by atoms with Gasteiger partial charge in [-0.15, -0.1) is 0 Å². The van der Waals surface area contributed by atoms with E-state index >= 15 is 0 Å². The lowest BCUT2D eigenvalue weighted by Gasteiger charge is -2.39. The first-order valence-corrected chi connectivity index (χ1v) is 7.67. The van der Waals surface area contributed by atoms with Crippen LogP contribution >= 0.6 is 0 Å². The van der Waals surface area contributed by atoms with Crippen LogP contribution in [0.3, 0.4) is 0 Å². The molecule has 5 nitrogen and oxygen atoms in total. The number of nitrogens with zero attached hydrogens (tertiary/aromatic N) is 3. The van der Waals surface area contributed by atoms with Crippen molar-refractivity contribution in [1.29, 1.82) is 5.26 Å². The Kier molecular flexibility index (Phi) is 6.97. The average Bonchev–Trinajstić information content (AvgIpc) is 2.43. The molecule has 2 atom stereocenters. The zero-order valence-corrected chi connectivity index (χ0v) is 13.2. The Hall–Kier alpha value is -1.12. The molecule has 5 heteroatoms. The summed E-state index contributed by atoms with van der Waals surface area (Å²) in [7, 11) is 0. The molecule has 0 spiro atoms. The first kappa shape index (κ1) is 16.9. The lowest BCUT2D eigenvalue weighted by Crippen LogP contribution is -2.56. The summed E-state index contributed by atoms with van der Waals surface area (Å²) in [6, 6.07) is 2.51. The number of rotatable bonds is 6. The van der Waals surface area contributed by atoms with Crippen LogP contribution in [-0.2, 0) is 4.79 Å². The van der Waals surface area contributed by atoms with E-state index in [9.17, 15) is 10.1 Å². The molecule has 1 rings (SSSR count). The minimum Gasteiger partial charge on any atom is -0.353 e. The Morgan fingerprint density at radius 3 is 2.20 bits per heavy atom. The summed E-state index contributed by atoms with van der Waals surface area (Å²) in [5.74, 6) is 0.0961. The SMILES string of the molecule is CCCC(C#N)N1CCN(C(C)C(=O)NC(C)C)CC1. The minimum atomic E-state index is -0.0914. The molecule has 114 valence electrons. The fourth-order valence-corrected chi connectivity index (χ4v) is 2.61. The second-order valence-corrected chi connectivity index (χ2v) is 5.84. The Bertz CT molecular complexity index is 342. The van der Waals surface area contributed by atoms with Gasteiger partial charge >= 0.3 is 0 Å². The van der Waals surface area contributed by atoms with E-state index < -0.39 is 0 Å². The van der Waals surface area contributed by atoms with Gasteiger partial charge in [0.2, 0.25) is 5.91 Å². The molecular formula is C15H28N4O. The molecule has 1 aliphatic heterocycles. The predicted molar refractivity (Wildman–Crippen MR) is 80.2 cm³/mol. The molecule has 1 fully saturated rings. The first-order chi connectivity index (χ1) is 9.49. The molecule has 0 aromatic carbocycles. The highest BCUT2D eigenvalue weighted by Gasteiger charge is 2.28. The quantitative estimate of drug-likeness (QED) is 0.794. The third kappa shape index (κ3) is 4.77. The number of nitriles is 1. The number of nitrogens with one attached hydrogen (secondary N) is 1. The van der Waals surface area contributed by atoms with E-state index in [4.69, 9.17) is 0 Å². The smallest absolute Gasteiger partial charge is 0.237 e. The molecule has 0 radical (unpaired) electrons. The van der Waals surface area contributed by atoms with Gasteiger partial charge in [0, 0.05) is 32.2 Å². The van der Waals surface area contributed by atoms with Crippen molar-refractivity contribution in [2.75, 3.05) is 26.2 Å². The summed E-state index contributed by atoms with van der Waals surface area (Å²) in [5.41, 5.74) is 0. The van der Waals surface area contributed by atoms with Crippen molar-refractivity contribution in [3.05, 3.63) is 0 Å². The van der Waals surface area contributed by atoms with Crippen molar-refractivity contribution in [3.8, 4) is 6.07 Å². The molecule has 0 bridgehead atoms. The van der Waals surface area contributed by atoms with E-state index in [1.165, 1.54) is 0 Å². The average molecular weight is 280 g/mol. The molecule has 1 saturated heterocycles. The summed E-state index contributed by atoms with van der Waals surface area (Å²) in [6.07, 6.45) is 1.96. The maximum atomic E-state index is 12.0. The zero-order valence-electron chi connectivity index (χ0n) is 13.2. The molecule has 20 heavy (non-hydrogen) atoms. The topological polar surface area (TPSA) is 59.4 Å². The van der Waals surface area contributed by atoms with Gasteiger partial charge in [0.1, 0.15) is 0 Å². The van der Waals surface area contributed by atoms with Crippen LogP contribution in [0, 0.1) is 11.3 Å². The van der Waals surface area contributed by atoms with E-state index in [1.807, 2.05) is 20.8 Å². The van der Waals surface area contributed by atoms with Crippen LogP contribution in [0.25, 0.3) is 0 Å². The van der Waals surface area contributed by atoms with Crippen LogP contribution in [0.2, 0.25) is 0 Å². The maximum absolute atomic E-state index is 12.0. The largest absolute Gasteiger partial charge is 0.353 e. The van der Waals surface area contributed by atoms with E-state index in [2.05, 4.69) is 28.1 Å². The minimum absolute atomic E-state index is 0.0296. The van der Waals surface area contributed by atoms with Crippen molar-refractivity contribution in [2.24, 2.45) is 0 Å². The second-order valence-electron chi connectivity index (χ2n) is 5.84. The van der Waals surface area contributed by atoms with Crippen LogP contribution in [-0.4, -0.2) is 60.0 Å². The summed E-state index contributed by atoms with van der Waals surface area (Å²) >= 11 is 0. The zero-order chi connectivity index (χ0) is 15.1.